The molecular weight excluding hydrogens is 440 g/mol. The van der Waals surface area contributed by atoms with Crippen LogP contribution in [0.3, 0.4) is 0 Å². The van der Waals surface area contributed by atoms with Crippen LogP contribution in [0.2, 0.25) is 0 Å². The Morgan fingerprint density at radius 2 is 1.70 bits per heavy atom. The molecule has 0 radical (unpaired) electrons. The summed E-state index contributed by atoms with van der Waals surface area (Å²) in [5.41, 5.74) is 2.61. The van der Waals surface area contributed by atoms with E-state index in [4.69, 9.17) is 0 Å². The summed E-state index contributed by atoms with van der Waals surface area (Å²) < 4.78 is 0.122. The number of amides is 2. The van der Waals surface area contributed by atoms with Crippen LogP contribution in [0.5, 0.6) is 0 Å². The summed E-state index contributed by atoms with van der Waals surface area (Å²) in [5, 5.41) is 6.10. The molecule has 2 atom stereocenters. The van der Waals surface area contributed by atoms with E-state index in [9.17, 15) is 9.59 Å². The maximum atomic E-state index is 13.5. The lowest BCUT2D eigenvalue weighted by molar-refractivity contribution is -0.138. The molecule has 4 aliphatic rings. The zero-order valence-corrected chi connectivity index (χ0v) is 18.8. The average molecular weight is 467 g/mol. The number of benzene rings is 2. The second kappa shape index (κ2) is 7.23. The molecule has 4 nitrogen and oxygen atoms in total. The van der Waals surface area contributed by atoms with Gasteiger partial charge in [-0.3, -0.25) is 9.59 Å². The molecule has 0 saturated heterocycles. The van der Waals surface area contributed by atoms with Gasteiger partial charge in [0.25, 0.3) is 5.91 Å². The van der Waals surface area contributed by atoms with Gasteiger partial charge in [-0.2, -0.15) is 0 Å². The predicted octanol–water partition coefficient (Wildman–Crippen LogP) is 5.92. The van der Waals surface area contributed by atoms with Gasteiger partial charge in [-0.05, 0) is 87.1 Å². The minimum atomic E-state index is -0.312. The van der Waals surface area contributed by atoms with E-state index in [1.54, 1.807) is 6.07 Å². The molecule has 2 N–H and O–H groups in total. The van der Waals surface area contributed by atoms with Gasteiger partial charge in [0.05, 0.1) is 16.7 Å². The predicted molar refractivity (Wildman–Crippen MR) is 123 cm³/mol. The van der Waals surface area contributed by atoms with Crippen LogP contribution in [0.4, 0.5) is 11.4 Å². The SMILES string of the molecule is Cc1cccc(NC(=O)c2ccccc2NC(=O)C23CC4CC(CC(Br)(C4)C2)C3)c1. The topological polar surface area (TPSA) is 58.2 Å². The number of rotatable bonds is 4. The second-order valence-electron chi connectivity index (χ2n) is 9.72. The van der Waals surface area contributed by atoms with Gasteiger partial charge in [0.1, 0.15) is 0 Å². The number of carbonyl (C=O) groups excluding carboxylic acids is 2. The smallest absolute Gasteiger partial charge is 0.257 e. The van der Waals surface area contributed by atoms with Crippen molar-refractivity contribution >= 4 is 39.1 Å². The Bertz CT molecular complexity index is 1000. The third kappa shape index (κ3) is 3.58. The molecule has 156 valence electrons. The van der Waals surface area contributed by atoms with Crippen molar-refractivity contribution in [3.8, 4) is 0 Å². The molecular formula is C25H27BrN2O2. The number of anilines is 2. The van der Waals surface area contributed by atoms with E-state index >= 15 is 0 Å². The summed E-state index contributed by atoms with van der Waals surface area (Å²) in [5.74, 6) is 1.14. The van der Waals surface area contributed by atoms with Gasteiger partial charge in [-0.15, -0.1) is 0 Å². The van der Waals surface area contributed by atoms with Crippen molar-refractivity contribution in [2.75, 3.05) is 10.6 Å². The Hall–Kier alpha value is -2.14. The molecule has 30 heavy (non-hydrogen) atoms. The zero-order chi connectivity index (χ0) is 20.9. The van der Waals surface area contributed by atoms with Crippen LogP contribution in [-0.2, 0) is 4.79 Å². The number of aryl methyl sites for hydroxylation is 1. The monoisotopic (exact) mass is 466 g/mol. The van der Waals surface area contributed by atoms with Gasteiger partial charge in [0, 0.05) is 10.0 Å². The van der Waals surface area contributed by atoms with Gasteiger partial charge < -0.3 is 10.6 Å². The minimum Gasteiger partial charge on any atom is -0.325 e. The van der Waals surface area contributed by atoms with E-state index < -0.39 is 0 Å². The molecule has 2 aromatic carbocycles. The first-order chi connectivity index (χ1) is 14.3. The number of alkyl halides is 1. The quantitative estimate of drug-likeness (QED) is 0.549. The lowest BCUT2D eigenvalue weighted by Crippen LogP contribution is -2.57. The van der Waals surface area contributed by atoms with E-state index in [1.807, 2.05) is 49.4 Å². The van der Waals surface area contributed by atoms with Crippen LogP contribution in [0, 0.1) is 24.2 Å². The Labute approximate surface area is 186 Å². The van der Waals surface area contributed by atoms with Crippen LogP contribution in [0.25, 0.3) is 0 Å². The first kappa shape index (κ1) is 19.8. The fourth-order valence-electron chi connectivity index (χ4n) is 6.38. The molecule has 2 unspecified atom stereocenters. The summed E-state index contributed by atoms with van der Waals surface area (Å²) >= 11 is 3.98. The number of hydrogen-bond acceptors (Lipinski definition) is 2. The average Bonchev–Trinajstić information content (AvgIpc) is 2.66. The first-order valence-electron chi connectivity index (χ1n) is 10.8. The molecule has 4 bridgehead atoms. The Kier molecular flexibility index (Phi) is 4.77. The normalized spacial score (nSPS) is 31.4. The third-order valence-corrected chi connectivity index (χ3v) is 8.10. The molecule has 5 heteroatoms. The number of para-hydroxylation sites is 1. The molecule has 4 aliphatic carbocycles. The van der Waals surface area contributed by atoms with E-state index in [0.717, 1.165) is 30.5 Å². The van der Waals surface area contributed by atoms with Crippen molar-refractivity contribution in [1.29, 1.82) is 0 Å². The second-order valence-corrected chi connectivity index (χ2v) is 11.4. The molecule has 2 amide bonds. The summed E-state index contributed by atoms with van der Waals surface area (Å²) in [6.45, 7) is 1.99. The van der Waals surface area contributed by atoms with Gasteiger partial charge in [-0.25, -0.2) is 0 Å². The molecule has 0 heterocycles. The van der Waals surface area contributed by atoms with E-state index in [-0.39, 0.29) is 21.6 Å². The van der Waals surface area contributed by atoms with E-state index in [0.29, 0.717) is 23.1 Å². The summed E-state index contributed by atoms with van der Waals surface area (Å²) in [6.07, 6.45) is 6.48. The standard InChI is InChI=1S/C25H27BrN2O2/c1-16-5-4-6-19(9-16)27-22(29)20-7-2-3-8-21(20)28-23(30)24-11-17-10-18(12-24)14-25(26,13-17)15-24/h2-9,17-18H,10-15H2,1H3,(H,27,29)(H,28,30). The van der Waals surface area contributed by atoms with Crippen molar-refractivity contribution in [2.24, 2.45) is 17.3 Å². The van der Waals surface area contributed by atoms with Crippen molar-refractivity contribution < 1.29 is 9.59 Å². The third-order valence-electron chi connectivity index (χ3n) is 7.17. The highest BCUT2D eigenvalue weighted by molar-refractivity contribution is 9.10. The van der Waals surface area contributed by atoms with Crippen LogP contribution in [0.1, 0.15) is 54.4 Å². The van der Waals surface area contributed by atoms with Crippen molar-refractivity contribution in [1.82, 2.24) is 0 Å². The molecule has 2 aromatic rings. The van der Waals surface area contributed by atoms with E-state index in [1.165, 1.54) is 19.3 Å². The zero-order valence-electron chi connectivity index (χ0n) is 17.2. The van der Waals surface area contributed by atoms with Crippen molar-refractivity contribution in [3.63, 3.8) is 0 Å². The van der Waals surface area contributed by atoms with Crippen LogP contribution < -0.4 is 10.6 Å². The van der Waals surface area contributed by atoms with Gasteiger partial charge in [0.15, 0.2) is 0 Å². The number of nitrogens with one attached hydrogen (secondary N) is 2. The van der Waals surface area contributed by atoms with Crippen LogP contribution >= 0.6 is 15.9 Å². The molecule has 0 aromatic heterocycles. The van der Waals surface area contributed by atoms with Crippen molar-refractivity contribution in [2.45, 2.75) is 49.8 Å². The van der Waals surface area contributed by atoms with Crippen LogP contribution in [-0.4, -0.2) is 16.1 Å². The Balaban J connectivity index is 1.37. The van der Waals surface area contributed by atoms with Gasteiger partial charge >= 0.3 is 0 Å². The molecule has 4 saturated carbocycles. The molecule has 0 aliphatic heterocycles. The summed E-state index contributed by atoms with van der Waals surface area (Å²) in [7, 11) is 0. The lowest BCUT2D eigenvalue weighted by Gasteiger charge is -2.59. The Morgan fingerprint density at radius 3 is 2.40 bits per heavy atom. The fraction of sp³-hybridized carbons (Fsp3) is 0.440. The van der Waals surface area contributed by atoms with Crippen molar-refractivity contribution in [3.05, 3.63) is 59.7 Å². The molecule has 6 rings (SSSR count). The summed E-state index contributed by atoms with van der Waals surface area (Å²) in [4.78, 5) is 26.5. The highest BCUT2D eigenvalue weighted by atomic mass is 79.9. The van der Waals surface area contributed by atoms with Crippen LogP contribution in [0.15, 0.2) is 48.5 Å². The lowest BCUT2D eigenvalue weighted by atomic mass is 9.49. The summed E-state index contributed by atoms with van der Waals surface area (Å²) in [6, 6.07) is 15.0. The largest absolute Gasteiger partial charge is 0.325 e. The minimum absolute atomic E-state index is 0.0798. The highest BCUT2D eigenvalue weighted by Crippen LogP contribution is 2.64. The maximum absolute atomic E-state index is 13.5. The van der Waals surface area contributed by atoms with Gasteiger partial charge in [-0.1, -0.05) is 40.2 Å². The maximum Gasteiger partial charge on any atom is 0.257 e. The van der Waals surface area contributed by atoms with E-state index in [2.05, 4.69) is 26.6 Å². The van der Waals surface area contributed by atoms with Gasteiger partial charge in [0.2, 0.25) is 5.91 Å². The fourth-order valence-corrected chi connectivity index (χ4v) is 7.84. The Morgan fingerprint density at radius 1 is 0.967 bits per heavy atom. The molecule has 0 spiro atoms. The number of halogens is 1. The first-order valence-corrected chi connectivity index (χ1v) is 11.6. The number of carbonyl (C=O) groups is 2. The highest BCUT2D eigenvalue weighted by Gasteiger charge is 2.59. The number of hydrogen-bond donors (Lipinski definition) is 2. The molecule has 4 fully saturated rings.